The topological polar surface area (TPSA) is 123 Å². The van der Waals surface area contributed by atoms with E-state index in [0.717, 1.165) is 30.6 Å². The zero-order chi connectivity index (χ0) is 24.7. The van der Waals surface area contributed by atoms with E-state index in [1.807, 2.05) is 6.92 Å². The van der Waals surface area contributed by atoms with E-state index in [1.165, 1.54) is 18.2 Å². The summed E-state index contributed by atoms with van der Waals surface area (Å²) in [7, 11) is -3.80. The van der Waals surface area contributed by atoms with Gasteiger partial charge in [-0.05, 0) is 68.6 Å². The summed E-state index contributed by atoms with van der Waals surface area (Å²) in [4.78, 5) is 21.6. The molecule has 2 N–H and O–H groups in total. The summed E-state index contributed by atoms with van der Waals surface area (Å²) in [5.74, 6) is 0.388. The van der Waals surface area contributed by atoms with Gasteiger partial charge < -0.3 is 9.42 Å². The number of halogens is 1. The minimum Gasteiger partial charge on any atom is -0.339 e. The van der Waals surface area contributed by atoms with Gasteiger partial charge in [-0.3, -0.25) is 9.69 Å². The number of carbonyl (C=O) groups excluding carboxylic acids is 1. The van der Waals surface area contributed by atoms with Crippen molar-refractivity contribution in [2.24, 2.45) is 5.14 Å². The lowest BCUT2D eigenvalue weighted by Gasteiger charge is -2.32. The third kappa shape index (κ3) is 4.84. The Balaban J connectivity index is 1.27. The van der Waals surface area contributed by atoms with Crippen LogP contribution >= 0.6 is 0 Å². The van der Waals surface area contributed by atoms with Gasteiger partial charge in [-0.1, -0.05) is 17.3 Å². The summed E-state index contributed by atoms with van der Waals surface area (Å²) in [5, 5.41) is 9.27. The maximum absolute atomic E-state index is 13.5. The molecule has 0 spiro atoms. The molecular weight excluding hydrogens is 473 g/mol. The highest BCUT2D eigenvalue weighted by atomic mass is 32.2. The quantitative estimate of drug-likeness (QED) is 0.573. The number of rotatable bonds is 5. The maximum atomic E-state index is 13.5. The van der Waals surface area contributed by atoms with Crippen molar-refractivity contribution < 1.29 is 22.1 Å². The Morgan fingerprint density at radius 1 is 1.26 bits per heavy atom. The fraction of sp³-hybridized carbons (Fsp3) is 0.375. The lowest BCUT2D eigenvalue weighted by Crippen LogP contribution is -2.45. The van der Waals surface area contributed by atoms with Crippen LogP contribution in [0.2, 0.25) is 0 Å². The number of nitrogens with zero attached hydrogens (tertiary/aromatic N) is 4. The number of hydrogen-bond donors (Lipinski definition) is 1. The summed E-state index contributed by atoms with van der Waals surface area (Å²) < 4.78 is 42.4. The first-order chi connectivity index (χ1) is 16.7. The van der Waals surface area contributed by atoms with Crippen molar-refractivity contribution >= 4 is 21.6 Å². The molecule has 5 rings (SSSR count). The number of piperidine rings is 1. The molecule has 1 aromatic heterocycles. The van der Waals surface area contributed by atoms with Crippen molar-refractivity contribution in [3.63, 3.8) is 0 Å². The minimum atomic E-state index is -3.80. The number of carbonyl (C=O) groups is 1. The SMILES string of the molecule is CC1Cc2cc(S(N)(=O)=O)ccc2N1C(=O)CN1CCCC(c2nc(-c3cccc(F)c3)no2)C1. The van der Waals surface area contributed by atoms with Crippen molar-refractivity contribution in [3.8, 4) is 11.4 Å². The molecule has 9 nitrogen and oxygen atoms in total. The number of amides is 1. The molecule has 1 fully saturated rings. The highest BCUT2D eigenvalue weighted by Gasteiger charge is 2.34. The summed E-state index contributed by atoms with van der Waals surface area (Å²) in [6, 6.07) is 10.6. The molecule has 35 heavy (non-hydrogen) atoms. The molecule has 0 radical (unpaired) electrons. The zero-order valence-corrected chi connectivity index (χ0v) is 20.0. The van der Waals surface area contributed by atoms with Crippen LogP contribution in [0.5, 0.6) is 0 Å². The minimum absolute atomic E-state index is 0.0213. The number of primary sulfonamides is 1. The lowest BCUT2D eigenvalue weighted by molar-refractivity contribution is -0.120. The smallest absolute Gasteiger partial charge is 0.241 e. The van der Waals surface area contributed by atoms with E-state index in [1.54, 1.807) is 29.2 Å². The van der Waals surface area contributed by atoms with Crippen LogP contribution in [0.4, 0.5) is 10.1 Å². The van der Waals surface area contributed by atoms with Crippen LogP contribution in [0, 0.1) is 5.82 Å². The van der Waals surface area contributed by atoms with E-state index >= 15 is 0 Å². The van der Waals surface area contributed by atoms with Crippen LogP contribution in [0.15, 0.2) is 51.9 Å². The van der Waals surface area contributed by atoms with Crippen LogP contribution in [-0.4, -0.2) is 55.0 Å². The molecule has 11 heteroatoms. The second kappa shape index (κ2) is 9.14. The largest absolute Gasteiger partial charge is 0.339 e. The standard InChI is InChI=1S/C24H26FN5O4S/c1-15-10-18-12-20(35(26,32)33)7-8-21(18)30(15)22(31)14-29-9-3-5-17(13-29)24-27-23(28-34-24)16-4-2-6-19(25)11-16/h2,4,6-8,11-12,15,17H,3,5,9-10,13-14H2,1H3,(H2,26,32,33). The van der Waals surface area contributed by atoms with Crippen LogP contribution in [-0.2, 0) is 21.2 Å². The fourth-order valence-corrected chi connectivity index (χ4v) is 5.54. The average Bonchev–Trinajstić information content (AvgIpc) is 3.42. The molecule has 0 aliphatic carbocycles. The molecule has 184 valence electrons. The van der Waals surface area contributed by atoms with Gasteiger partial charge >= 0.3 is 0 Å². The van der Waals surface area contributed by atoms with Gasteiger partial charge in [-0.2, -0.15) is 4.98 Å². The third-order valence-electron chi connectivity index (χ3n) is 6.60. The molecule has 0 saturated carbocycles. The first-order valence-corrected chi connectivity index (χ1v) is 13.0. The van der Waals surface area contributed by atoms with Crippen molar-refractivity contribution in [2.45, 2.75) is 43.0 Å². The summed E-state index contributed by atoms with van der Waals surface area (Å²) in [6.07, 6.45) is 2.30. The molecule has 1 amide bonds. The number of hydrogen-bond acceptors (Lipinski definition) is 7. The number of sulfonamides is 1. The summed E-state index contributed by atoms with van der Waals surface area (Å²) >= 11 is 0. The van der Waals surface area contributed by atoms with E-state index in [-0.39, 0.29) is 35.1 Å². The number of benzene rings is 2. The van der Waals surface area contributed by atoms with Gasteiger partial charge in [0.15, 0.2) is 0 Å². The number of likely N-dealkylation sites (tertiary alicyclic amines) is 1. The first kappa shape index (κ1) is 23.6. The number of fused-ring (bicyclic) bond motifs is 1. The van der Waals surface area contributed by atoms with Crippen molar-refractivity contribution in [1.29, 1.82) is 0 Å². The van der Waals surface area contributed by atoms with Crippen LogP contribution < -0.4 is 10.0 Å². The van der Waals surface area contributed by atoms with E-state index in [9.17, 15) is 17.6 Å². The highest BCUT2D eigenvalue weighted by molar-refractivity contribution is 7.89. The fourth-order valence-electron chi connectivity index (χ4n) is 4.98. The molecule has 2 aliphatic heterocycles. The Morgan fingerprint density at radius 2 is 2.09 bits per heavy atom. The van der Waals surface area contributed by atoms with E-state index in [2.05, 4.69) is 15.0 Å². The van der Waals surface area contributed by atoms with E-state index in [4.69, 9.17) is 9.66 Å². The van der Waals surface area contributed by atoms with Gasteiger partial charge in [0.2, 0.25) is 27.6 Å². The van der Waals surface area contributed by atoms with Gasteiger partial charge in [0, 0.05) is 23.8 Å². The molecule has 0 bridgehead atoms. The molecule has 3 heterocycles. The lowest BCUT2D eigenvalue weighted by atomic mass is 9.98. The van der Waals surface area contributed by atoms with Gasteiger partial charge in [0.05, 0.1) is 17.4 Å². The highest BCUT2D eigenvalue weighted by Crippen LogP contribution is 2.34. The molecular formula is C24H26FN5O4S. The molecule has 3 aromatic rings. The molecule has 1 saturated heterocycles. The second-order valence-electron chi connectivity index (χ2n) is 9.19. The van der Waals surface area contributed by atoms with Crippen molar-refractivity contribution in [2.75, 3.05) is 24.5 Å². The molecule has 2 aliphatic rings. The summed E-state index contributed by atoms with van der Waals surface area (Å²) in [5.41, 5.74) is 2.07. The van der Waals surface area contributed by atoms with E-state index < -0.39 is 10.0 Å². The van der Waals surface area contributed by atoms with Crippen LogP contribution in [0.25, 0.3) is 11.4 Å². The van der Waals surface area contributed by atoms with Gasteiger partial charge in [0.1, 0.15) is 5.82 Å². The number of anilines is 1. The first-order valence-electron chi connectivity index (χ1n) is 11.5. The average molecular weight is 500 g/mol. The Labute approximate surface area is 202 Å². The van der Waals surface area contributed by atoms with Crippen molar-refractivity contribution in [1.82, 2.24) is 15.0 Å². The van der Waals surface area contributed by atoms with Gasteiger partial charge in [0.25, 0.3) is 0 Å². The molecule has 2 unspecified atom stereocenters. The Morgan fingerprint density at radius 3 is 2.86 bits per heavy atom. The Bertz CT molecular complexity index is 1380. The maximum Gasteiger partial charge on any atom is 0.241 e. The second-order valence-corrected chi connectivity index (χ2v) is 10.8. The third-order valence-corrected chi connectivity index (χ3v) is 7.51. The molecule has 2 atom stereocenters. The predicted molar refractivity (Wildman–Crippen MR) is 127 cm³/mol. The molecule has 2 aromatic carbocycles. The predicted octanol–water partition coefficient (Wildman–Crippen LogP) is 2.68. The van der Waals surface area contributed by atoms with E-state index in [0.29, 0.717) is 30.2 Å². The van der Waals surface area contributed by atoms with Crippen LogP contribution in [0.1, 0.15) is 37.1 Å². The number of aromatic nitrogens is 2. The normalized spacial score (nSPS) is 20.7. The zero-order valence-electron chi connectivity index (χ0n) is 19.2. The Hall–Kier alpha value is -3.15. The summed E-state index contributed by atoms with van der Waals surface area (Å²) in [6.45, 7) is 3.53. The van der Waals surface area contributed by atoms with Gasteiger partial charge in [-0.15, -0.1) is 0 Å². The monoisotopic (exact) mass is 499 g/mol. The Kier molecular flexibility index (Phi) is 6.16. The number of nitrogens with two attached hydrogens (primary N) is 1. The van der Waals surface area contributed by atoms with Crippen LogP contribution in [0.3, 0.4) is 0 Å². The van der Waals surface area contributed by atoms with Crippen molar-refractivity contribution in [3.05, 3.63) is 59.7 Å². The van der Waals surface area contributed by atoms with Gasteiger partial charge in [-0.25, -0.2) is 17.9 Å².